The summed E-state index contributed by atoms with van der Waals surface area (Å²) in [5, 5.41) is -1.08. The first-order valence-electron chi connectivity index (χ1n) is 3.19. The van der Waals surface area contributed by atoms with Crippen molar-refractivity contribution in [3.63, 3.8) is 0 Å². The minimum Gasteiger partial charge on any atom is -0.281 e. The Morgan fingerprint density at radius 3 is 1.73 bits per heavy atom. The van der Waals surface area contributed by atoms with Crippen molar-refractivity contribution in [1.29, 1.82) is 0 Å². The molecule has 0 aliphatic carbocycles. The zero-order chi connectivity index (χ0) is 9.23. The zero-order valence-electron chi connectivity index (χ0n) is 6.65. The summed E-state index contributed by atoms with van der Waals surface area (Å²) in [7, 11) is 0. The Hall–Kier alpha value is -0.0800. The van der Waals surface area contributed by atoms with Crippen LogP contribution in [0.5, 0.6) is 0 Å². The van der Waals surface area contributed by atoms with Gasteiger partial charge >= 0.3 is 0 Å². The molecule has 0 N–H and O–H groups in total. The molecule has 0 amide bonds. The summed E-state index contributed by atoms with van der Waals surface area (Å²) in [6.45, 7) is 4.76. The Morgan fingerprint density at radius 1 is 1.27 bits per heavy atom. The summed E-state index contributed by atoms with van der Waals surface area (Å²) < 4.78 is 0. The fourth-order valence-electron chi connectivity index (χ4n) is 0.454. The van der Waals surface area contributed by atoms with Crippen molar-refractivity contribution in [2.24, 2.45) is 11.3 Å². The first kappa shape index (κ1) is 10.9. The second kappa shape index (κ2) is 3.55. The molecule has 0 bridgehead atoms. The van der Waals surface area contributed by atoms with Crippen LogP contribution in [0.2, 0.25) is 0 Å². The average Bonchev–Trinajstić information content (AvgIpc) is 1.85. The lowest BCUT2D eigenvalue weighted by molar-refractivity contribution is -0.127. The van der Waals surface area contributed by atoms with Gasteiger partial charge in [0.2, 0.25) is 10.5 Å². The van der Waals surface area contributed by atoms with E-state index in [1.807, 2.05) is 0 Å². The predicted octanol–water partition coefficient (Wildman–Crippen LogP) is 2.18. The second-order valence-electron chi connectivity index (χ2n) is 3.02. The van der Waals surface area contributed by atoms with Crippen LogP contribution in [0.1, 0.15) is 20.8 Å². The number of hydrogen-bond donors (Lipinski definition) is 0. The van der Waals surface area contributed by atoms with E-state index in [2.05, 4.69) is 0 Å². The molecule has 0 aliphatic rings. The topological polar surface area (TPSA) is 34.1 Å². The van der Waals surface area contributed by atoms with Gasteiger partial charge in [-0.1, -0.05) is 20.8 Å². The van der Waals surface area contributed by atoms with E-state index in [9.17, 15) is 9.59 Å². The van der Waals surface area contributed by atoms with Crippen molar-refractivity contribution in [1.82, 2.24) is 0 Å². The van der Waals surface area contributed by atoms with Crippen LogP contribution >= 0.6 is 23.2 Å². The van der Waals surface area contributed by atoms with Gasteiger partial charge in [0.25, 0.3) is 0 Å². The third kappa shape index (κ3) is 2.46. The molecule has 64 valence electrons. The number of halogens is 2. The normalized spacial score (nSPS) is 14.3. The molecular formula is C7H10Cl2O2. The summed E-state index contributed by atoms with van der Waals surface area (Å²) in [6, 6.07) is 0. The lowest BCUT2D eigenvalue weighted by atomic mass is 9.82. The molecule has 1 unspecified atom stereocenters. The summed E-state index contributed by atoms with van der Waals surface area (Å²) in [5.74, 6) is -0.547. The van der Waals surface area contributed by atoms with E-state index in [0.29, 0.717) is 0 Å². The molecule has 0 aliphatic heterocycles. The summed E-state index contributed by atoms with van der Waals surface area (Å²) in [4.78, 5) is 21.4. The Balaban J connectivity index is 4.55. The molecule has 0 heterocycles. The van der Waals surface area contributed by atoms with Gasteiger partial charge in [0, 0.05) is 11.3 Å². The largest absolute Gasteiger partial charge is 0.281 e. The molecular weight excluding hydrogens is 187 g/mol. The SMILES string of the molecule is CC(C(=O)Cl)C(C)(C)C(=O)Cl. The van der Waals surface area contributed by atoms with Gasteiger partial charge in [-0.3, -0.25) is 9.59 Å². The fourth-order valence-corrected chi connectivity index (χ4v) is 0.890. The van der Waals surface area contributed by atoms with Crippen molar-refractivity contribution in [2.45, 2.75) is 20.8 Å². The van der Waals surface area contributed by atoms with Gasteiger partial charge in [0.15, 0.2) is 0 Å². The van der Waals surface area contributed by atoms with E-state index in [0.717, 1.165) is 0 Å². The highest BCUT2D eigenvalue weighted by molar-refractivity contribution is 6.67. The molecule has 0 aromatic carbocycles. The van der Waals surface area contributed by atoms with Gasteiger partial charge in [-0.25, -0.2) is 0 Å². The molecule has 11 heavy (non-hydrogen) atoms. The monoisotopic (exact) mass is 196 g/mol. The van der Waals surface area contributed by atoms with Crippen molar-refractivity contribution >= 4 is 33.7 Å². The maximum absolute atomic E-state index is 10.8. The van der Waals surface area contributed by atoms with E-state index in [-0.39, 0.29) is 0 Å². The average molecular weight is 197 g/mol. The van der Waals surface area contributed by atoms with Crippen LogP contribution in [-0.4, -0.2) is 10.5 Å². The van der Waals surface area contributed by atoms with Crippen LogP contribution in [-0.2, 0) is 9.59 Å². The van der Waals surface area contributed by atoms with Crippen LogP contribution in [0.15, 0.2) is 0 Å². The lowest BCUT2D eigenvalue weighted by Gasteiger charge is -2.23. The van der Waals surface area contributed by atoms with Crippen LogP contribution < -0.4 is 0 Å². The van der Waals surface area contributed by atoms with Crippen LogP contribution in [0.3, 0.4) is 0 Å². The fraction of sp³-hybridized carbons (Fsp3) is 0.714. The van der Waals surface area contributed by atoms with Crippen molar-refractivity contribution in [3.8, 4) is 0 Å². The molecule has 0 aromatic rings. The van der Waals surface area contributed by atoms with E-state index in [4.69, 9.17) is 23.2 Å². The van der Waals surface area contributed by atoms with Crippen molar-refractivity contribution < 1.29 is 9.59 Å². The molecule has 4 heteroatoms. The number of rotatable bonds is 3. The molecule has 2 nitrogen and oxygen atoms in total. The molecule has 0 radical (unpaired) electrons. The highest BCUT2D eigenvalue weighted by Gasteiger charge is 2.36. The third-order valence-electron chi connectivity index (χ3n) is 1.93. The summed E-state index contributed by atoms with van der Waals surface area (Å²) >= 11 is 10.5. The minimum atomic E-state index is -0.875. The van der Waals surface area contributed by atoms with Gasteiger partial charge in [-0.2, -0.15) is 0 Å². The standard InChI is InChI=1S/C7H10Cl2O2/c1-4(5(8)10)7(2,3)6(9)11/h4H,1-3H3. The maximum atomic E-state index is 10.8. The van der Waals surface area contributed by atoms with E-state index < -0.39 is 21.8 Å². The van der Waals surface area contributed by atoms with Gasteiger partial charge in [0.05, 0.1) is 0 Å². The van der Waals surface area contributed by atoms with Gasteiger partial charge in [-0.05, 0) is 23.2 Å². The van der Waals surface area contributed by atoms with E-state index >= 15 is 0 Å². The molecule has 0 fully saturated rings. The third-order valence-corrected chi connectivity index (χ3v) is 2.74. The number of carbonyl (C=O) groups is 2. The van der Waals surface area contributed by atoms with Gasteiger partial charge in [0.1, 0.15) is 0 Å². The Morgan fingerprint density at radius 2 is 1.64 bits per heavy atom. The van der Waals surface area contributed by atoms with Gasteiger partial charge < -0.3 is 0 Å². The molecule has 0 saturated heterocycles. The summed E-state index contributed by atoms with van der Waals surface area (Å²) in [5.41, 5.74) is -0.875. The van der Waals surface area contributed by atoms with Crippen molar-refractivity contribution in [2.75, 3.05) is 0 Å². The smallest absolute Gasteiger partial charge is 0.228 e. The summed E-state index contributed by atoms with van der Waals surface area (Å²) in [6.07, 6.45) is 0. The van der Waals surface area contributed by atoms with Crippen LogP contribution in [0, 0.1) is 11.3 Å². The Kier molecular flexibility index (Phi) is 3.52. The van der Waals surface area contributed by atoms with Gasteiger partial charge in [-0.15, -0.1) is 0 Å². The highest BCUT2D eigenvalue weighted by Crippen LogP contribution is 2.30. The number of hydrogen-bond acceptors (Lipinski definition) is 2. The number of carbonyl (C=O) groups excluding carboxylic acids is 2. The van der Waals surface area contributed by atoms with Crippen LogP contribution in [0.4, 0.5) is 0 Å². The Bertz CT molecular complexity index is 187. The van der Waals surface area contributed by atoms with E-state index in [1.165, 1.54) is 0 Å². The molecule has 0 aromatic heterocycles. The highest BCUT2D eigenvalue weighted by atomic mass is 35.5. The van der Waals surface area contributed by atoms with Crippen LogP contribution in [0.25, 0.3) is 0 Å². The molecule has 0 saturated carbocycles. The lowest BCUT2D eigenvalue weighted by Crippen LogP contribution is -2.31. The molecule has 0 rings (SSSR count). The van der Waals surface area contributed by atoms with Crippen molar-refractivity contribution in [3.05, 3.63) is 0 Å². The molecule has 0 spiro atoms. The first-order chi connectivity index (χ1) is 4.80. The molecule has 1 atom stereocenters. The Labute approximate surface area is 75.9 Å². The first-order valence-corrected chi connectivity index (χ1v) is 3.95. The zero-order valence-corrected chi connectivity index (χ0v) is 8.16. The second-order valence-corrected chi connectivity index (χ2v) is 3.74. The minimum absolute atomic E-state index is 0.538. The quantitative estimate of drug-likeness (QED) is 0.649. The predicted molar refractivity (Wildman–Crippen MR) is 44.7 cm³/mol. The van der Waals surface area contributed by atoms with E-state index in [1.54, 1.807) is 20.8 Å². The maximum Gasteiger partial charge on any atom is 0.228 e.